The van der Waals surface area contributed by atoms with Gasteiger partial charge in [0.1, 0.15) is 0 Å². The monoisotopic (exact) mass is 362 g/mol. The molecule has 26 heavy (non-hydrogen) atoms. The van der Waals surface area contributed by atoms with Crippen LogP contribution in [0.3, 0.4) is 0 Å². The first-order valence-electron chi connectivity index (χ1n) is 8.37. The van der Waals surface area contributed by atoms with Crippen molar-refractivity contribution in [2.45, 2.75) is 6.54 Å². The fraction of sp³-hybridized carbons (Fsp3) is 0.100. The first-order chi connectivity index (χ1) is 12.8. The lowest BCUT2D eigenvalue weighted by molar-refractivity contribution is 0.0952. The Morgan fingerprint density at radius 3 is 2.58 bits per heavy atom. The molecule has 1 N–H and O–H groups in total. The third kappa shape index (κ3) is 3.60. The lowest BCUT2D eigenvalue weighted by atomic mass is 10.2. The number of rotatable bonds is 6. The van der Waals surface area contributed by atoms with Crippen LogP contribution in [-0.2, 0) is 6.54 Å². The molecule has 0 saturated heterocycles. The van der Waals surface area contributed by atoms with Crippen molar-refractivity contribution in [3.05, 3.63) is 83.4 Å². The number of hydrogen-bond acceptors (Lipinski definition) is 3. The predicted molar refractivity (Wildman–Crippen MR) is 104 cm³/mol. The quantitative estimate of drug-likeness (QED) is 0.567. The molecule has 3 aromatic heterocycles. The highest BCUT2D eigenvalue weighted by Gasteiger charge is 2.06. The summed E-state index contributed by atoms with van der Waals surface area (Å²) in [7, 11) is 0. The summed E-state index contributed by atoms with van der Waals surface area (Å²) in [5, 5.41) is 11.6. The molecule has 4 rings (SSSR count). The number of amides is 1. The molecule has 0 unspecified atom stereocenters. The average Bonchev–Trinajstić information content (AvgIpc) is 3.43. The standard InChI is InChI=1S/C20H18N4OS/c25-20(16-3-5-18(6-4-16)23-10-1-2-11-23)21-9-13-24-12-7-19(22-24)17-8-14-26-15-17/h1-8,10-12,14-15H,9,13H2,(H,21,25). The number of benzene rings is 1. The summed E-state index contributed by atoms with van der Waals surface area (Å²) in [4.78, 5) is 12.3. The highest BCUT2D eigenvalue weighted by molar-refractivity contribution is 7.08. The summed E-state index contributed by atoms with van der Waals surface area (Å²) in [5.41, 5.74) is 3.77. The minimum atomic E-state index is -0.0747. The van der Waals surface area contributed by atoms with E-state index in [-0.39, 0.29) is 5.91 Å². The van der Waals surface area contributed by atoms with Crippen molar-refractivity contribution in [2.75, 3.05) is 6.54 Å². The summed E-state index contributed by atoms with van der Waals surface area (Å²) in [6, 6.07) is 15.5. The van der Waals surface area contributed by atoms with Crippen LogP contribution in [0.4, 0.5) is 0 Å². The van der Waals surface area contributed by atoms with Crippen LogP contribution in [0.5, 0.6) is 0 Å². The molecule has 0 spiro atoms. The van der Waals surface area contributed by atoms with Gasteiger partial charge in [-0.1, -0.05) is 0 Å². The van der Waals surface area contributed by atoms with Gasteiger partial charge in [0, 0.05) is 47.3 Å². The third-order valence-electron chi connectivity index (χ3n) is 4.12. The molecular formula is C20H18N4OS. The molecule has 1 amide bonds. The van der Waals surface area contributed by atoms with Gasteiger partial charge in [-0.2, -0.15) is 16.4 Å². The molecule has 0 aliphatic rings. The molecule has 130 valence electrons. The van der Waals surface area contributed by atoms with E-state index in [0.29, 0.717) is 18.7 Å². The number of nitrogens with zero attached hydrogens (tertiary/aromatic N) is 3. The van der Waals surface area contributed by atoms with Crippen LogP contribution in [0, 0.1) is 0 Å². The van der Waals surface area contributed by atoms with Crippen molar-refractivity contribution in [1.82, 2.24) is 19.7 Å². The van der Waals surface area contributed by atoms with Crippen LogP contribution in [0.25, 0.3) is 16.9 Å². The second-order valence-electron chi connectivity index (χ2n) is 5.87. The summed E-state index contributed by atoms with van der Waals surface area (Å²) < 4.78 is 3.85. The van der Waals surface area contributed by atoms with Crippen molar-refractivity contribution >= 4 is 17.2 Å². The van der Waals surface area contributed by atoms with Crippen molar-refractivity contribution in [3.63, 3.8) is 0 Å². The van der Waals surface area contributed by atoms with Gasteiger partial charge in [0.25, 0.3) is 5.91 Å². The lowest BCUT2D eigenvalue weighted by Crippen LogP contribution is -2.27. The van der Waals surface area contributed by atoms with E-state index in [2.05, 4.69) is 21.9 Å². The Balaban J connectivity index is 1.31. The van der Waals surface area contributed by atoms with E-state index in [1.807, 2.05) is 75.7 Å². The largest absolute Gasteiger partial charge is 0.350 e. The molecule has 0 atom stereocenters. The van der Waals surface area contributed by atoms with Gasteiger partial charge in [0.15, 0.2) is 0 Å². The predicted octanol–water partition coefficient (Wildman–Crippen LogP) is 3.83. The van der Waals surface area contributed by atoms with Gasteiger partial charge in [0.05, 0.1) is 12.2 Å². The number of nitrogens with one attached hydrogen (secondary N) is 1. The zero-order valence-corrected chi connectivity index (χ0v) is 14.9. The lowest BCUT2D eigenvalue weighted by Gasteiger charge is -2.07. The third-order valence-corrected chi connectivity index (χ3v) is 4.80. The Morgan fingerprint density at radius 2 is 1.85 bits per heavy atom. The maximum absolute atomic E-state index is 12.3. The average molecular weight is 362 g/mol. The molecule has 5 nitrogen and oxygen atoms in total. The van der Waals surface area contributed by atoms with Crippen LogP contribution in [0.1, 0.15) is 10.4 Å². The Labute approximate surface area is 155 Å². The SMILES string of the molecule is O=C(NCCn1ccc(-c2ccsc2)n1)c1ccc(-n2cccc2)cc1. The van der Waals surface area contributed by atoms with E-state index in [4.69, 9.17) is 0 Å². The molecule has 1 aromatic carbocycles. The molecule has 0 aliphatic heterocycles. The molecule has 6 heteroatoms. The highest BCUT2D eigenvalue weighted by atomic mass is 32.1. The number of carbonyl (C=O) groups is 1. The van der Waals surface area contributed by atoms with Gasteiger partial charge in [-0.25, -0.2) is 0 Å². The van der Waals surface area contributed by atoms with Gasteiger partial charge < -0.3 is 9.88 Å². The molecule has 0 fully saturated rings. The smallest absolute Gasteiger partial charge is 0.251 e. The summed E-state index contributed by atoms with van der Waals surface area (Å²) >= 11 is 1.66. The first-order valence-corrected chi connectivity index (χ1v) is 9.31. The maximum Gasteiger partial charge on any atom is 0.251 e. The topological polar surface area (TPSA) is 51.9 Å². The number of aromatic nitrogens is 3. The zero-order chi connectivity index (χ0) is 17.8. The maximum atomic E-state index is 12.3. The summed E-state index contributed by atoms with van der Waals surface area (Å²) in [5.74, 6) is -0.0747. The molecular weight excluding hydrogens is 344 g/mol. The second kappa shape index (κ2) is 7.41. The fourth-order valence-corrected chi connectivity index (χ4v) is 3.38. The zero-order valence-electron chi connectivity index (χ0n) is 14.1. The molecule has 0 saturated carbocycles. The summed E-state index contributed by atoms with van der Waals surface area (Å²) in [6.45, 7) is 1.17. The van der Waals surface area contributed by atoms with E-state index in [1.54, 1.807) is 11.3 Å². The van der Waals surface area contributed by atoms with Gasteiger partial charge in [-0.3, -0.25) is 9.48 Å². The van der Waals surface area contributed by atoms with Crippen molar-refractivity contribution < 1.29 is 4.79 Å². The van der Waals surface area contributed by atoms with Crippen LogP contribution < -0.4 is 5.32 Å². The van der Waals surface area contributed by atoms with E-state index in [1.165, 1.54) is 0 Å². The van der Waals surface area contributed by atoms with Gasteiger partial charge >= 0.3 is 0 Å². The molecule has 3 heterocycles. The van der Waals surface area contributed by atoms with Gasteiger partial charge in [-0.15, -0.1) is 0 Å². The van der Waals surface area contributed by atoms with Crippen LogP contribution in [0.2, 0.25) is 0 Å². The van der Waals surface area contributed by atoms with E-state index in [9.17, 15) is 4.79 Å². The minimum Gasteiger partial charge on any atom is -0.350 e. The molecule has 0 radical (unpaired) electrons. The van der Waals surface area contributed by atoms with Crippen LogP contribution in [0.15, 0.2) is 77.9 Å². The van der Waals surface area contributed by atoms with Crippen LogP contribution >= 0.6 is 11.3 Å². The highest BCUT2D eigenvalue weighted by Crippen LogP contribution is 2.19. The van der Waals surface area contributed by atoms with Gasteiger partial charge in [-0.05, 0) is 53.9 Å². The minimum absolute atomic E-state index is 0.0747. The second-order valence-corrected chi connectivity index (χ2v) is 6.65. The number of thiophene rings is 1. The van der Waals surface area contributed by atoms with E-state index < -0.39 is 0 Å². The van der Waals surface area contributed by atoms with Crippen molar-refractivity contribution in [3.8, 4) is 16.9 Å². The van der Waals surface area contributed by atoms with Crippen molar-refractivity contribution in [2.24, 2.45) is 0 Å². The first kappa shape index (κ1) is 16.4. The summed E-state index contributed by atoms with van der Waals surface area (Å²) in [6.07, 6.45) is 5.89. The Morgan fingerprint density at radius 1 is 1.04 bits per heavy atom. The molecule has 0 aliphatic carbocycles. The Bertz CT molecular complexity index is 969. The molecule has 0 bridgehead atoms. The van der Waals surface area contributed by atoms with E-state index in [0.717, 1.165) is 16.9 Å². The fourth-order valence-electron chi connectivity index (χ4n) is 2.73. The van der Waals surface area contributed by atoms with Gasteiger partial charge in [0.2, 0.25) is 0 Å². The Kier molecular flexibility index (Phi) is 4.66. The number of hydrogen-bond donors (Lipinski definition) is 1. The normalized spacial score (nSPS) is 10.8. The number of carbonyl (C=O) groups excluding carboxylic acids is 1. The Hall–Kier alpha value is -3.12. The molecule has 4 aromatic rings. The van der Waals surface area contributed by atoms with E-state index >= 15 is 0 Å². The van der Waals surface area contributed by atoms with Crippen LogP contribution in [-0.4, -0.2) is 26.8 Å². The van der Waals surface area contributed by atoms with Crippen molar-refractivity contribution in [1.29, 1.82) is 0 Å².